The number of benzene rings is 1. The first-order chi connectivity index (χ1) is 6.97. The van der Waals surface area contributed by atoms with Crippen molar-refractivity contribution in [3.05, 3.63) is 35.4 Å². The summed E-state index contributed by atoms with van der Waals surface area (Å²) in [6.45, 7) is 8.05. The minimum absolute atomic E-state index is 0.0318. The van der Waals surface area contributed by atoms with Crippen LogP contribution in [-0.4, -0.2) is 18.0 Å². The maximum Gasteiger partial charge on any atom is 0.194 e. The van der Waals surface area contributed by atoms with Crippen LogP contribution >= 0.6 is 0 Å². The first-order valence-corrected chi connectivity index (χ1v) is 5.23. The molecule has 0 spiro atoms. The zero-order valence-electron chi connectivity index (χ0n) is 9.83. The molecule has 15 heavy (non-hydrogen) atoms. The van der Waals surface area contributed by atoms with Crippen molar-refractivity contribution in [3.63, 3.8) is 0 Å². The van der Waals surface area contributed by atoms with E-state index in [0.29, 0.717) is 12.2 Å². The van der Waals surface area contributed by atoms with E-state index in [9.17, 15) is 4.79 Å². The van der Waals surface area contributed by atoms with Crippen molar-refractivity contribution in [3.8, 4) is 0 Å². The first kappa shape index (κ1) is 11.9. The molecular weight excluding hydrogens is 188 g/mol. The van der Waals surface area contributed by atoms with Crippen molar-refractivity contribution in [2.24, 2.45) is 0 Å². The fourth-order valence-electron chi connectivity index (χ4n) is 1.48. The van der Waals surface area contributed by atoms with Crippen LogP contribution in [0.2, 0.25) is 0 Å². The van der Waals surface area contributed by atoms with Crippen molar-refractivity contribution >= 4 is 5.78 Å². The number of ketones is 1. The van der Waals surface area contributed by atoms with Gasteiger partial charge in [-0.25, -0.2) is 0 Å². The smallest absolute Gasteiger partial charge is 0.194 e. The van der Waals surface area contributed by atoms with E-state index in [1.165, 1.54) is 0 Å². The molecule has 1 rings (SSSR count). The second-order valence-electron chi connectivity index (χ2n) is 4.14. The molecule has 2 nitrogen and oxygen atoms in total. The van der Waals surface area contributed by atoms with E-state index >= 15 is 0 Å². The Morgan fingerprint density at radius 3 is 2.27 bits per heavy atom. The van der Waals surface area contributed by atoms with Gasteiger partial charge in [-0.15, -0.1) is 0 Å². The van der Waals surface area contributed by atoms with Crippen LogP contribution in [0.15, 0.2) is 24.3 Å². The van der Waals surface area contributed by atoms with E-state index in [0.717, 1.165) is 5.56 Å². The monoisotopic (exact) mass is 206 g/mol. The van der Waals surface area contributed by atoms with Gasteiger partial charge in [0.25, 0.3) is 0 Å². The Morgan fingerprint density at radius 2 is 1.80 bits per heavy atom. The van der Waals surface area contributed by atoms with Gasteiger partial charge in [-0.1, -0.05) is 29.8 Å². The molecule has 0 atom stereocenters. The number of hydrogen-bond acceptors (Lipinski definition) is 2. The lowest BCUT2D eigenvalue weighted by atomic mass is 9.96. The van der Waals surface area contributed by atoms with Crippen LogP contribution in [-0.2, 0) is 4.74 Å². The first-order valence-electron chi connectivity index (χ1n) is 5.23. The molecule has 1 aromatic carbocycles. The van der Waals surface area contributed by atoms with Gasteiger partial charge in [0.15, 0.2) is 5.78 Å². The molecule has 82 valence electrons. The highest BCUT2D eigenvalue weighted by molar-refractivity contribution is 6.01. The highest BCUT2D eigenvalue weighted by Gasteiger charge is 2.28. The van der Waals surface area contributed by atoms with E-state index in [2.05, 4.69) is 0 Å². The van der Waals surface area contributed by atoms with Crippen LogP contribution in [0.1, 0.15) is 36.7 Å². The summed E-state index contributed by atoms with van der Waals surface area (Å²) in [5, 5.41) is 0. The summed E-state index contributed by atoms with van der Waals surface area (Å²) >= 11 is 0. The fourth-order valence-corrected chi connectivity index (χ4v) is 1.48. The summed E-state index contributed by atoms with van der Waals surface area (Å²) in [5.74, 6) is 0.0318. The summed E-state index contributed by atoms with van der Waals surface area (Å²) < 4.78 is 5.43. The van der Waals surface area contributed by atoms with Gasteiger partial charge < -0.3 is 4.74 Å². The zero-order chi connectivity index (χ0) is 11.5. The number of rotatable bonds is 4. The third-order valence-electron chi connectivity index (χ3n) is 2.37. The van der Waals surface area contributed by atoms with Crippen LogP contribution in [0.3, 0.4) is 0 Å². The molecule has 0 radical (unpaired) electrons. The Bertz CT molecular complexity index is 336. The largest absolute Gasteiger partial charge is 0.368 e. The number of carbonyl (C=O) groups is 1. The third kappa shape index (κ3) is 2.90. The van der Waals surface area contributed by atoms with Crippen molar-refractivity contribution in [2.75, 3.05) is 6.61 Å². The lowest BCUT2D eigenvalue weighted by molar-refractivity contribution is 0.00126. The van der Waals surface area contributed by atoms with Crippen LogP contribution in [0.4, 0.5) is 0 Å². The minimum Gasteiger partial charge on any atom is -0.368 e. The lowest BCUT2D eigenvalue weighted by Gasteiger charge is -2.23. The summed E-state index contributed by atoms with van der Waals surface area (Å²) in [7, 11) is 0. The topological polar surface area (TPSA) is 26.3 Å². The Hall–Kier alpha value is -1.15. The Balaban J connectivity index is 2.89. The molecule has 0 aliphatic heterocycles. The molecule has 0 unspecified atom stereocenters. The summed E-state index contributed by atoms with van der Waals surface area (Å²) in [6, 6.07) is 7.57. The zero-order valence-corrected chi connectivity index (χ0v) is 9.83. The minimum atomic E-state index is -0.732. The second kappa shape index (κ2) is 4.58. The highest BCUT2D eigenvalue weighted by atomic mass is 16.5. The van der Waals surface area contributed by atoms with E-state index in [-0.39, 0.29) is 5.78 Å². The van der Waals surface area contributed by atoms with E-state index < -0.39 is 5.60 Å². The molecule has 0 saturated carbocycles. The molecular formula is C13H18O2. The number of carbonyl (C=O) groups excluding carboxylic acids is 1. The van der Waals surface area contributed by atoms with Crippen molar-refractivity contribution in [1.29, 1.82) is 0 Å². The molecule has 0 fully saturated rings. The quantitative estimate of drug-likeness (QED) is 0.708. The van der Waals surface area contributed by atoms with E-state index in [1.807, 2.05) is 38.1 Å². The standard InChI is InChI=1S/C13H18O2/c1-5-15-13(3,4)12(14)11-8-6-10(2)7-9-11/h6-9H,5H2,1-4H3. The molecule has 0 N–H and O–H groups in total. The predicted octanol–water partition coefficient (Wildman–Crippen LogP) is 2.99. The van der Waals surface area contributed by atoms with E-state index in [1.54, 1.807) is 13.8 Å². The summed E-state index contributed by atoms with van der Waals surface area (Å²) in [5.41, 5.74) is 1.13. The average molecular weight is 206 g/mol. The van der Waals surface area contributed by atoms with Crippen molar-refractivity contribution < 1.29 is 9.53 Å². The molecule has 0 aliphatic carbocycles. The number of Topliss-reactive ketones (excluding diaryl/α,β-unsaturated/α-hetero) is 1. The van der Waals surface area contributed by atoms with Gasteiger partial charge in [-0.2, -0.15) is 0 Å². The molecule has 0 aliphatic rings. The molecule has 2 heteroatoms. The average Bonchev–Trinajstić information content (AvgIpc) is 2.18. The highest BCUT2D eigenvalue weighted by Crippen LogP contribution is 2.17. The Kier molecular flexibility index (Phi) is 3.64. The molecule has 0 saturated heterocycles. The van der Waals surface area contributed by atoms with Gasteiger partial charge in [0.1, 0.15) is 5.60 Å². The van der Waals surface area contributed by atoms with Gasteiger partial charge in [-0.3, -0.25) is 4.79 Å². The van der Waals surface area contributed by atoms with Gasteiger partial charge in [0.05, 0.1) is 0 Å². The number of ether oxygens (including phenoxy) is 1. The van der Waals surface area contributed by atoms with Gasteiger partial charge in [0.2, 0.25) is 0 Å². The lowest BCUT2D eigenvalue weighted by Crippen LogP contribution is -2.35. The normalized spacial score (nSPS) is 11.5. The fraction of sp³-hybridized carbons (Fsp3) is 0.462. The second-order valence-corrected chi connectivity index (χ2v) is 4.14. The van der Waals surface area contributed by atoms with Crippen LogP contribution in [0, 0.1) is 6.92 Å². The van der Waals surface area contributed by atoms with Crippen molar-refractivity contribution in [1.82, 2.24) is 0 Å². The molecule has 0 heterocycles. The SMILES string of the molecule is CCOC(C)(C)C(=O)c1ccc(C)cc1. The maximum atomic E-state index is 12.0. The third-order valence-corrected chi connectivity index (χ3v) is 2.37. The van der Waals surface area contributed by atoms with Gasteiger partial charge >= 0.3 is 0 Å². The predicted molar refractivity (Wildman–Crippen MR) is 61.2 cm³/mol. The maximum absolute atomic E-state index is 12.0. The van der Waals surface area contributed by atoms with Crippen molar-refractivity contribution in [2.45, 2.75) is 33.3 Å². The van der Waals surface area contributed by atoms with Crippen LogP contribution < -0.4 is 0 Å². The summed E-state index contributed by atoms with van der Waals surface area (Å²) in [4.78, 5) is 12.0. The number of hydrogen-bond donors (Lipinski definition) is 0. The molecule has 0 bridgehead atoms. The van der Waals surface area contributed by atoms with Crippen LogP contribution in [0.25, 0.3) is 0 Å². The summed E-state index contributed by atoms with van der Waals surface area (Å²) in [6.07, 6.45) is 0. The Labute approximate surface area is 91.3 Å². The van der Waals surface area contributed by atoms with Gasteiger partial charge in [0, 0.05) is 12.2 Å². The van der Waals surface area contributed by atoms with Gasteiger partial charge in [-0.05, 0) is 27.7 Å². The Morgan fingerprint density at radius 1 is 1.27 bits per heavy atom. The van der Waals surface area contributed by atoms with Crippen LogP contribution in [0.5, 0.6) is 0 Å². The number of aryl methyl sites for hydroxylation is 1. The van der Waals surface area contributed by atoms with E-state index in [4.69, 9.17) is 4.74 Å². The molecule has 0 aromatic heterocycles. The molecule has 1 aromatic rings. The molecule has 0 amide bonds.